The van der Waals surface area contributed by atoms with E-state index in [-0.39, 0.29) is 5.91 Å². The molecule has 0 atom stereocenters. The molecule has 1 aromatic carbocycles. The molecule has 3 heteroatoms. The van der Waals surface area contributed by atoms with Gasteiger partial charge in [0.1, 0.15) is 0 Å². The van der Waals surface area contributed by atoms with E-state index in [0.29, 0.717) is 6.54 Å². The molecule has 0 aliphatic heterocycles. The molecule has 0 spiro atoms. The summed E-state index contributed by atoms with van der Waals surface area (Å²) < 4.78 is 0. The first-order valence-electron chi connectivity index (χ1n) is 5.29. The molecule has 3 nitrogen and oxygen atoms in total. The predicted molar refractivity (Wildman–Crippen MR) is 63.0 cm³/mol. The third-order valence-electron chi connectivity index (χ3n) is 2.01. The molecular formula is C12H18N2O. The lowest BCUT2D eigenvalue weighted by Crippen LogP contribution is -2.28. The molecule has 0 fully saturated rings. The van der Waals surface area contributed by atoms with Crippen LogP contribution in [0.3, 0.4) is 0 Å². The van der Waals surface area contributed by atoms with Crippen LogP contribution in [0.25, 0.3) is 0 Å². The number of carbonyl (C=O) groups is 1. The number of nitrogens with one attached hydrogen (secondary N) is 2. The first-order valence-corrected chi connectivity index (χ1v) is 5.29. The summed E-state index contributed by atoms with van der Waals surface area (Å²) >= 11 is 0. The van der Waals surface area contributed by atoms with E-state index in [9.17, 15) is 4.79 Å². The lowest BCUT2D eigenvalue weighted by molar-refractivity contribution is -0.115. The van der Waals surface area contributed by atoms with Gasteiger partial charge in [-0.1, -0.05) is 19.1 Å². The Morgan fingerprint density at radius 2 is 2.20 bits per heavy atom. The molecule has 15 heavy (non-hydrogen) atoms. The molecule has 1 rings (SSSR count). The minimum Gasteiger partial charge on any atom is -0.325 e. The summed E-state index contributed by atoms with van der Waals surface area (Å²) in [6.45, 7) is 5.33. The smallest absolute Gasteiger partial charge is 0.238 e. The molecule has 2 N–H and O–H groups in total. The summed E-state index contributed by atoms with van der Waals surface area (Å²) in [6.07, 6.45) is 1.04. The van der Waals surface area contributed by atoms with Gasteiger partial charge >= 0.3 is 0 Å². The van der Waals surface area contributed by atoms with Gasteiger partial charge in [-0.3, -0.25) is 4.79 Å². The molecule has 0 aliphatic carbocycles. The maximum absolute atomic E-state index is 11.4. The van der Waals surface area contributed by atoms with Crippen LogP contribution in [0.4, 0.5) is 5.69 Å². The van der Waals surface area contributed by atoms with E-state index in [0.717, 1.165) is 24.2 Å². The molecular weight excluding hydrogens is 188 g/mol. The Morgan fingerprint density at radius 1 is 1.40 bits per heavy atom. The number of rotatable bonds is 5. The first kappa shape index (κ1) is 11.7. The second-order valence-corrected chi connectivity index (χ2v) is 3.59. The van der Waals surface area contributed by atoms with Gasteiger partial charge in [-0.05, 0) is 37.6 Å². The Bertz CT molecular complexity index is 323. The number of hydrogen-bond donors (Lipinski definition) is 2. The van der Waals surface area contributed by atoms with Crippen LogP contribution < -0.4 is 10.6 Å². The third kappa shape index (κ3) is 4.61. The van der Waals surface area contributed by atoms with Crippen LogP contribution in [-0.4, -0.2) is 19.0 Å². The largest absolute Gasteiger partial charge is 0.325 e. The Kier molecular flexibility index (Phi) is 4.84. The summed E-state index contributed by atoms with van der Waals surface area (Å²) in [5.74, 6) is 0.00838. The normalized spacial score (nSPS) is 10.0. The van der Waals surface area contributed by atoms with Crippen molar-refractivity contribution in [2.24, 2.45) is 0 Å². The monoisotopic (exact) mass is 206 g/mol. The zero-order valence-corrected chi connectivity index (χ0v) is 9.34. The Hall–Kier alpha value is -1.35. The molecule has 0 heterocycles. The summed E-state index contributed by atoms with van der Waals surface area (Å²) in [7, 11) is 0. The van der Waals surface area contributed by atoms with Crippen LogP contribution in [0, 0.1) is 6.92 Å². The second kappa shape index (κ2) is 6.19. The van der Waals surface area contributed by atoms with Crippen molar-refractivity contribution in [1.82, 2.24) is 5.32 Å². The van der Waals surface area contributed by atoms with Gasteiger partial charge in [-0.15, -0.1) is 0 Å². The van der Waals surface area contributed by atoms with Gasteiger partial charge in [0.05, 0.1) is 6.54 Å². The Balaban J connectivity index is 2.37. The van der Waals surface area contributed by atoms with Crippen molar-refractivity contribution < 1.29 is 4.79 Å². The summed E-state index contributed by atoms with van der Waals surface area (Å²) in [5.41, 5.74) is 2.01. The molecule has 0 bridgehead atoms. The fourth-order valence-electron chi connectivity index (χ4n) is 1.31. The van der Waals surface area contributed by atoms with Crippen molar-refractivity contribution in [1.29, 1.82) is 0 Å². The molecule has 0 aromatic heterocycles. The number of amides is 1. The molecule has 0 unspecified atom stereocenters. The third-order valence-corrected chi connectivity index (χ3v) is 2.01. The average Bonchev–Trinajstić information content (AvgIpc) is 2.18. The highest BCUT2D eigenvalue weighted by atomic mass is 16.1. The highest BCUT2D eigenvalue weighted by molar-refractivity contribution is 5.92. The highest BCUT2D eigenvalue weighted by Gasteiger charge is 2.00. The van der Waals surface area contributed by atoms with Crippen molar-refractivity contribution in [3.63, 3.8) is 0 Å². The lowest BCUT2D eigenvalue weighted by Gasteiger charge is -2.06. The van der Waals surface area contributed by atoms with Crippen LogP contribution in [0.5, 0.6) is 0 Å². The molecule has 1 aromatic rings. The Morgan fingerprint density at radius 3 is 2.87 bits per heavy atom. The highest BCUT2D eigenvalue weighted by Crippen LogP contribution is 2.08. The zero-order valence-electron chi connectivity index (χ0n) is 9.34. The van der Waals surface area contributed by atoms with E-state index >= 15 is 0 Å². The number of benzene rings is 1. The maximum Gasteiger partial charge on any atom is 0.238 e. The summed E-state index contributed by atoms with van der Waals surface area (Å²) in [6, 6.07) is 7.79. The van der Waals surface area contributed by atoms with E-state index in [1.54, 1.807) is 0 Å². The van der Waals surface area contributed by atoms with Crippen molar-refractivity contribution in [3.8, 4) is 0 Å². The van der Waals surface area contributed by atoms with Crippen LogP contribution >= 0.6 is 0 Å². The quantitative estimate of drug-likeness (QED) is 0.723. The minimum atomic E-state index is 0.00838. The van der Waals surface area contributed by atoms with Gasteiger partial charge in [0.15, 0.2) is 0 Å². The number of anilines is 1. The van der Waals surface area contributed by atoms with Crippen LogP contribution in [0.1, 0.15) is 18.9 Å². The second-order valence-electron chi connectivity index (χ2n) is 3.59. The van der Waals surface area contributed by atoms with Gasteiger partial charge in [-0.25, -0.2) is 0 Å². The van der Waals surface area contributed by atoms with Crippen molar-refractivity contribution in [2.75, 3.05) is 18.4 Å². The predicted octanol–water partition coefficient (Wildman–Crippen LogP) is 1.93. The van der Waals surface area contributed by atoms with Crippen molar-refractivity contribution in [3.05, 3.63) is 29.8 Å². The van der Waals surface area contributed by atoms with Crippen molar-refractivity contribution >= 4 is 11.6 Å². The van der Waals surface area contributed by atoms with E-state index in [1.165, 1.54) is 0 Å². The molecule has 82 valence electrons. The SMILES string of the molecule is CCCNCC(=O)Nc1cccc(C)c1. The fraction of sp³-hybridized carbons (Fsp3) is 0.417. The summed E-state index contributed by atoms with van der Waals surface area (Å²) in [5, 5.41) is 5.90. The van der Waals surface area contributed by atoms with Gasteiger partial charge < -0.3 is 10.6 Å². The molecule has 0 saturated heterocycles. The molecule has 0 saturated carbocycles. The number of hydrogen-bond acceptors (Lipinski definition) is 2. The summed E-state index contributed by atoms with van der Waals surface area (Å²) in [4.78, 5) is 11.4. The van der Waals surface area contributed by atoms with E-state index < -0.39 is 0 Å². The van der Waals surface area contributed by atoms with Gasteiger partial charge in [0.25, 0.3) is 0 Å². The topological polar surface area (TPSA) is 41.1 Å². The van der Waals surface area contributed by atoms with Gasteiger partial charge in [-0.2, -0.15) is 0 Å². The van der Waals surface area contributed by atoms with E-state index in [2.05, 4.69) is 17.6 Å². The minimum absolute atomic E-state index is 0.00838. The molecule has 0 aliphatic rings. The van der Waals surface area contributed by atoms with E-state index in [4.69, 9.17) is 0 Å². The van der Waals surface area contributed by atoms with E-state index in [1.807, 2.05) is 31.2 Å². The zero-order chi connectivity index (χ0) is 11.1. The average molecular weight is 206 g/mol. The molecule has 0 radical (unpaired) electrons. The lowest BCUT2D eigenvalue weighted by atomic mass is 10.2. The Labute approximate surface area is 90.9 Å². The number of carbonyl (C=O) groups excluding carboxylic acids is 1. The standard InChI is InChI=1S/C12H18N2O/c1-3-7-13-9-12(15)14-11-6-4-5-10(2)8-11/h4-6,8,13H,3,7,9H2,1-2H3,(H,14,15). The van der Waals surface area contributed by atoms with Crippen LogP contribution in [-0.2, 0) is 4.79 Å². The maximum atomic E-state index is 11.4. The van der Waals surface area contributed by atoms with Crippen molar-refractivity contribution in [2.45, 2.75) is 20.3 Å². The first-order chi connectivity index (χ1) is 7.22. The van der Waals surface area contributed by atoms with Crippen LogP contribution in [0.2, 0.25) is 0 Å². The van der Waals surface area contributed by atoms with Gasteiger partial charge in [0.2, 0.25) is 5.91 Å². The van der Waals surface area contributed by atoms with Crippen LogP contribution in [0.15, 0.2) is 24.3 Å². The number of aryl methyl sites for hydroxylation is 1. The molecule has 1 amide bonds. The van der Waals surface area contributed by atoms with Gasteiger partial charge in [0, 0.05) is 5.69 Å². The fourth-order valence-corrected chi connectivity index (χ4v) is 1.31.